The van der Waals surface area contributed by atoms with Gasteiger partial charge in [-0.3, -0.25) is 4.79 Å². The van der Waals surface area contributed by atoms with Crippen LogP contribution < -0.4 is 15.8 Å². The van der Waals surface area contributed by atoms with Crippen molar-refractivity contribution >= 4 is 11.6 Å². The number of carbonyl (C=O) groups is 1. The van der Waals surface area contributed by atoms with Crippen LogP contribution in [0.1, 0.15) is 32.8 Å². The number of anilines is 1. The van der Waals surface area contributed by atoms with Crippen LogP contribution in [0, 0.1) is 12.8 Å². The lowest BCUT2D eigenvalue weighted by Gasteiger charge is -2.16. The molecule has 0 fully saturated rings. The summed E-state index contributed by atoms with van der Waals surface area (Å²) in [5, 5.41) is 2.89. The van der Waals surface area contributed by atoms with E-state index >= 15 is 0 Å². The van der Waals surface area contributed by atoms with Crippen LogP contribution in [0.3, 0.4) is 0 Å². The smallest absolute Gasteiger partial charge is 0.225 e. The Balaban J connectivity index is 2.64. The van der Waals surface area contributed by atoms with E-state index in [1.54, 1.807) is 0 Å². The molecule has 1 aromatic carbocycles. The zero-order chi connectivity index (χ0) is 14.4. The van der Waals surface area contributed by atoms with Gasteiger partial charge < -0.3 is 15.8 Å². The van der Waals surface area contributed by atoms with Crippen LogP contribution in [0.5, 0.6) is 5.75 Å². The summed E-state index contributed by atoms with van der Waals surface area (Å²) in [4.78, 5) is 11.9. The van der Waals surface area contributed by atoms with E-state index in [1.807, 2.05) is 45.9 Å². The molecule has 19 heavy (non-hydrogen) atoms. The highest BCUT2D eigenvalue weighted by Gasteiger charge is 2.13. The van der Waals surface area contributed by atoms with Crippen molar-refractivity contribution in [3.63, 3.8) is 0 Å². The first-order valence-corrected chi connectivity index (χ1v) is 6.73. The monoisotopic (exact) mass is 264 g/mol. The first kappa shape index (κ1) is 15.5. The number of carbonyl (C=O) groups excluding carboxylic acids is 1. The van der Waals surface area contributed by atoms with E-state index in [1.165, 1.54) is 0 Å². The maximum Gasteiger partial charge on any atom is 0.225 e. The molecule has 3 N–H and O–H groups in total. The molecule has 0 radical (unpaired) electrons. The Bertz CT molecular complexity index is 430. The minimum atomic E-state index is -0.108. The quantitative estimate of drug-likeness (QED) is 0.830. The van der Waals surface area contributed by atoms with Gasteiger partial charge in [0.15, 0.2) is 0 Å². The van der Waals surface area contributed by atoms with E-state index in [4.69, 9.17) is 10.5 Å². The number of aryl methyl sites for hydroxylation is 1. The first-order chi connectivity index (χ1) is 8.93. The fourth-order valence-corrected chi connectivity index (χ4v) is 1.68. The molecular weight excluding hydrogens is 240 g/mol. The van der Waals surface area contributed by atoms with Crippen LogP contribution >= 0.6 is 0 Å². The van der Waals surface area contributed by atoms with Gasteiger partial charge in [0.05, 0.1) is 6.61 Å². The molecule has 0 aliphatic heterocycles. The van der Waals surface area contributed by atoms with E-state index in [0.717, 1.165) is 17.0 Å². The molecule has 1 rings (SSSR count). The van der Waals surface area contributed by atoms with E-state index in [-0.39, 0.29) is 11.9 Å². The lowest BCUT2D eigenvalue weighted by molar-refractivity contribution is -0.116. The second-order valence-corrected chi connectivity index (χ2v) is 5.07. The van der Waals surface area contributed by atoms with Crippen LogP contribution in [0.4, 0.5) is 5.69 Å². The molecule has 0 spiro atoms. The van der Waals surface area contributed by atoms with Crippen molar-refractivity contribution < 1.29 is 9.53 Å². The summed E-state index contributed by atoms with van der Waals surface area (Å²) in [5.74, 6) is 1.07. The lowest BCUT2D eigenvalue weighted by atomic mass is 10.0. The molecule has 0 saturated heterocycles. The molecule has 1 amide bonds. The molecule has 0 heterocycles. The summed E-state index contributed by atoms with van der Waals surface area (Å²) >= 11 is 0. The van der Waals surface area contributed by atoms with Gasteiger partial charge in [0.2, 0.25) is 5.91 Å². The highest BCUT2D eigenvalue weighted by molar-refractivity contribution is 5.91. The van der Waals surface area contributed by atoms with Crippen molar-refractivity contribution in [2.45, 2.75) is 40.2 Å². The molecule has 0 saturated carbocycles. The Morgan fingerprint density at radius 3 is 2.63 bits per heavy atom. The van der Waals surface area contributed by atoms with Crippen LogP contribution in [0.25, 0.3) is 0 Å². The normalized spacial score (nSPS) is 12.3. The van der Waals surface area contributed by atoms with Gasteiger partial charge in [-0.1, -0.05) is 13.8 Å². The molecule has 0 aromatic heterocycles. The van der Waals surface area contributed by atoms with Gasteiger partial charge in [-0.2, -0.15) is 0 Å². The molecule has 0 bridgehead atoms. The lowest BCUT2D eigenvalue weighted by Crippen LogP contribution is -2.31. The summed E-state index contributed by atoms with van der Waals surface area (Å²) in [6.45, 7) is 8.55. The van der Waals surface area contributed by atoms with Crippen molar-refractivity contribution in [1.82, 2.24) is 0 Å². The maximum atomic E-state index is 11.9. The molecule has 1 atom stereocenters. The van der Waals surface area contributed by atoms with Gasteiger partial charge in [-0.05, 0) is 43.5 Å². The third-order valence-corrected chi connectivity index (χ3v) is 3.06. The number of nitrogens with two attached hydrogens (primary N) is 1. The third kappa shape index (κ3) is 4.91. The Labute approximate surface area is 115 Å². The Hall–Kier alpha value is -1.55. The second kappa shape index (κ2) is 7.14. The average Bonchev–Trinajstić information content (AvgIpc) is 2.32. The van der Waals surface area contributed by atoms with Crippen LogP contribution in [0.2, 0.25) is 0 Å². The van der Waals surface area contributed by atoms with Gasteiger partial charge in [0, 0.05) is 18.2 Å². The fourth-order valence-electron chi connectivity index (χ4n) is 1.68. The van der Waals surface area contributed by atoms with Crippen LogP contribution in [-0.4, -0.2) is 18.6 Å². The highest BCUT2D eigenvalue weighted by atomic mass is 16.5. The summed E-state index contributed by atoms with van der Waals surface area (Å²) in [5.41, 5.74) is 7.69. The van der Waals surface area contributed by atoms with Gasteiger partial charge in [-0.25, -0.2) is 0 Å². The highest BCUT2D eigenvalue weighted by Crippen LogP contribution is 2.21. The van der Waals surface area contributed by atoms with Gasteiger partial charge in [0.1, 0.15) is 5.75 Å². The van der Waals surface area contributed by atoms with E-state index in [2.05, 4.69) is 5.32 Å². The summed E-state index contributed by atoms with van der Waals surface area (Å²) in [7, 11) is 0. The van der Waals surface area contributed by atoms with E-state index in [0.29, 0.717) is 18.9 Å². The predicted molar refractivity (Wildman–Crippen MR) is 78.4 cm³/mol. The number of ether oxygens (including phenoxy) is 1. The van der Waals surface area contributed by atoms with Gasteiger partial charge >= 0.3 is 0 Å². The number of benzene rings is 1. The SMILES string of the molecule is CCOc1ccc(NC(=O)CC(N)C(C)C)c(C)c1. The van der Waals surface area contributed by atoms with Crippen molar-refractivity contribution in [3.8, 4) is 5.75 Å². The van der Waals surface area contributed by atoms with E-state index < -0.39 is 0 Å². The van der Waals surface area contributed by atoms with Crippen molar-refractivity contribution in [2.75, 3.05) is 11.9 Å². The number of hydrogen-bond donors (Lipinski definition) is 2. The molecule has 0 aliphatic carbocycles. The molecule has 0 aliphatic rings. The minimum Gasteiger partial charge on any atom is -0.494 e. The second-order valence-electron chi connectivity index (χ2n) is 5.07. The van der Waals surface area contributed by atoms with Crippen molar-refractivity contribution in [3.05, 3.63) is 23.8 Å². The fraction of sp³-hybridized carbons (Fsp3) is 0.533. The molecule has 1 unspecified atom stereocenters. The molecular formula is C15H24N2O2. The number of hydrogen-bond acceptors (Lipinski definition) is 3. The molecule has 4 heteroatoms. The number of rotatable bonds is 6. The predicted octanol–water partition coefficient (Wildman–Crippen LogP) is 2.71. The van der Waals surface area contributed by atoms with Gasteiger partial charge in [0.25, 0.3) is 0 Å². The minimum absolute atomic E-state index is 0.0477. The average molecular weight is 264 g/mol. The maximum absolute atomic E-state index is 11.9. The van der Waals surface area contributed by atoms with Crippen LogP contribution in [-0.2, 0) is 4.79 Å². The molecule has 1 aromatic rings. The standard InChI is InChI=1S/C15H24N2O2/c1-5-19-12-6-7-14(11(4)8-12)17-15(18)9-13(16)10(2)3/h6-8,10,13H,5,9,16H2,1-4H3,(H,17,18). The largest absolute Gasteiger partial charge is 0.494 e. The number of amides is 1. The first-order valence-electron chi connectivity index (χ1n) is 6.73. The zero-order valence-corrected chi connectivity index (χ0v) is 12.2. The van der Waals surface area contributed by atoms with Crippen LogP contribution in [0.15, 0.2) is 18.2 Å². The number of nitrogens with one attached hydrogen (secondary N) is 1. The topological polar surface area (TPSA) is 64.3 Å². The van der Waals surface area contributed by atoms with E-state index in [9.17, 15) is 4.79 Å². The summed E-state index contributed by atoms with van der Waals surface area (Å²) in [6.07, 6.45) is 0.338. The Morgan fingerprint density at radius 2 is 2.11 bits per heavy atom. The van der Waals surface area contributed by atoms with Crippen molar-refractivity contribution in [2.24, 2.45) is 11.7 Å². The third-order valence-electron chi connectivity index (χ3n) is 3.06. The summed E-state index contributed by atoms with van der Waals surface area (Å²) in [6, 6.07) is 5.53. The molecule has 106 valence electrons. The Kier molecular flexibility index (Phi) is 5.83. The van der Waals surface area contributed by atoms with Gasteiger partial charge in [-0.15, -0.1) is 0 Å². The Morgan fingerprint density at radius 1 is 1.42 bits per heavy atom. The molecule has 4 nitrogen and oxygen atoms in total. The summed E-state index contributed by atoms with van der Waals surface area (Å²) < 4.78 is 5.41. The van der Waals surface area contributed by atoms with Crippen molar-refractivity contribution in [1.29, 1.82) is 0 Å². The zero-order valence-electron chi connectivity index (χ0n) is 12.2.